The van der Waals surface area contributed by atoms with Crippen LogP contribution >= 0.6 is 7.37 Å². The largest absolute Gasteiger partial charge is 0.508 e. The summed E-state index contributed by atoms with van der Waals surface area (Å²) in [6, 6.07) is 24.1. The van der Waals surface area contributed by atoms with Crippen LogP contribution in [0.2, 0.25) is 0 Å². The highest BCUT2D eigenvalue weighted by Gasteiger charge is 2.53. The van der Waals surface area contributed by atoms with Crippen molar-refractivity contribution in [3.05, 3.63) is 96.6 Å². The van der Waals surface area contributed by atoms with Crippen LogP contribution in [0.3, 0.4) is 0 Å². The fourth-order valence-electron chi connectivity index (χ4n) is 10.7. The van der Waals surface area contributed by atoms with Gasteiger partial charge in [0.05, 0.1) is 0 Å². The molecular weight excluding hydrogens is 1070 g/mol. The Bertz CT molecular complexity index is 2160. The molecule has 1 aliphatic rings. The van der Waals surface area contributed by atoms with Crippen LogP contribution in [0.4, 0.5) is 9.18 Å². The average molecular weight is 1180 g/mol. The van der Waals surface area contributed by atoms with Gasteiger partial charge in [-0.25, -0.2) is 9.18 Å². The summed E-state index contributed by atoms with van der Waals surface area (Å²) >= 11 is 0. The van der Waals surface area contributed by atoms with Gasteiger partial charge in [-0.3, -0.25) is 18.9 Å². The summed E-state index contributed by atoms with van der Waals surface area (Å²) in [5.41, 5.74) is 0.700. The Morgan fingerprint density at radius 3 is 1.41 bits per heavy atom. The molecule has 0 spiro atoms. The first kappa shape index (κ1) is 70.9. The third kappa shape index (κ3) is 28.9. The topological polar surface area (TPSA) is 173 Å². The van der Waals surface area contributed by atoms with Crippen LogP contribution in [0.15, 0.2) is 91.0 Å². The van der Waals surface area contributed by atoms with Crippen LogP contribution in [0.5, 0.6) is 0 Å². The summed E-state index contributed by atoms with van der Waals surface area (Å²) in [7, 11) is -4.21. The van der Waals surface area contributed by atoms with E-state index in [1.165, 1.54) is 89.9 Å². The Morgan fingerprint density at radius 2 is 0.952 bits per heavy atom. The minimum absolute atomic E-state index is 0.0402. The Morgan fingerprint density at radius 1 is 0.542 bits per heavy atom. The molecule has 1 saturated heterocycles. The average Bonchev–Trinajstić information content (AvgIpc) is 2.63. The first-order valence-electron chi connectivity index (χ1n) is 32.4. The highest BCUT2D eigenvalue weighted by Crippen LogP contribution is 2.48. The Hall–Kier alpha value is -4.62. The number of hydrogen-bond acceptors (Lipinski definition) is 12. The lowest BCUT2D eigenvalue weighted by atomic mass is 9.96. The number of rotatable bonds is 47. The van der Waals surface area contributed by atoms with E-state index in [0.29, 0.717) is 24.8 Å². The van der Waals surface area contributed by atoms with Gasteiger partial charge < -0.3 is 38.6 Å². The molecule has 83 heavy (non-hydrogen) atoms. The van der Waals surface area contributed by atoms with Gasteiger partial charge in [-0.15, -0.1) is 0 Å². The molecular formula is C68H105FNO12P. The van der Waals surface area contributed by atoms with E-state index in [1.54, 1.807) is 84.9 Å². The van der Waals surface area contributed by atoms with Gasteiger partial charge in [0.25, 0.3) is 13.3 Å². The second-order valence-corrected chi connectivity index (χ2v) is 25.1. The van der Waals surface area contributed by atoms with E-state index in [-0.39, 0.29) is 36.5 Å². The summed E-state index contributed by atoms with van der Waals surface area (Å²) in [4.78, 5) is 55.3. The van der Waals surface area contributed by atoms with Crippen molar-refractivity contribution in [2.24, 2.45) is 0 Å². The van der Waals surface area contributed by atoms with Crippen LogP contribution in [0, 0.1) is 0 Å². The molecule has 2 N–H and O–H groups in total. The highest BCUT2D eigenvalue weighted by atomic mass is 31.2. The summed E-state index contributed by atoms with van der Waals surface area (Å²) in [5.74, 6) is -2.54. The predicted molar refractivity (Wildman–Crippen MR) is 329 cm³/mol. The van der Waals surface area contributed by atoms with Gasteiger partial charge >= 0.3 is 18.1 Å². The van der Waals surface area contributed by atoms with E-state index < -0.39 is 80.9 Å². The van der Waals surface area contributed by atoms with E-state index in [2.05, 4.69) is 26.1 Å². The third-order valence-corrected chi connectivity index (χ3v) is 18.2. The smallest absolute Gasteiger partial charge is 0.459 e. The van der Waals surface area contributed by atoms with E-state index >= 15 is 8.96 Å². The lowest BCUT2D eigenvalue weighted by Crippen LogP contribution is -2.67. The molecule has 1 aliphatic heterocycles. The normalized spacial score (nSPS) is 17.8. The maximum atomic E-state index is 17.1. The van der Waals surface area contributed by atoms with Crippen molar-refractivity contribution in [2.45, 2.75) is 289 Å². The molecule has 3 aromatic carbocycles. The molecule has 0 radical (unpaired) electrons. The first-order valence-corrected chi connectivity index (χ1v) is 34.0. The van der Waals surface area contributed by atoms with E-state index in [9.17, 15) is 24.3 Å². The van der Waals surface area contributed by atoms with Gasteiger partial charge in [0.1, 0.15) is 37.6 Å². The van der Waals surface area contributed by atoms with Crippen molar-refractivity contribution in [1.29, 1.82) is 0 Å². The first-order chi connectivity index (χ1) is 40.5. The number of alkyl halides is 1. The number of benzene rings is 3. The molecule has 1 unspecified atom stereocenters. The van der Waals surface area contributed by atoms with E-state index in [0.717, 1.165) is 89.9 Å². The molecule has 15 heteroatoms. The summed E-state index contributed by atoms with van der Waals surface area (Å²) in [6.45, 7) is 5.85. The predicted octanol–water partition coefficient (Wildman–Crippen LogP) is 16.3. The van der Waals surface area contributed by atoms with Crippen molar-refractivity contribution in [1.82, 2.24) is 5.32 Å². The van der Waals surface area contributed by atoms with Gasteiger partial charge in [-0.2, -0.15) is 0 Å². The molecule has 1 amide bonds. The Labute approximate surface area is 498 Å². The lowest BCUT2D eigenvalue weighted by Gasteiger charge is -2.45. The van der Waals surface area contributed by atoms with Crippen molar-refractivity contribution in [3.63, 3.8) is 0 Å². The van der Waals surface area contributed by atoms with Crippen molar-refractivity contribution >= 4 is 42.0 Å². The maximum Gasteiger partial charge on any atom is 0.508 e. The SMILES string of the molecule is CCCCCCCCCCCCCC(=O)O[C@H]1[C@H](OP(=O)(c2ccccc2)c2ccccc2)[C@@H](COC(=O)OCc2ccccc2)OC(O)[C@@H]1NC(=O)[C@H](F)[C@H](CCCCCCCCCCC)OC(=O)CCCCCCCCCCCCC. The number of amides is 1. The molecule has 7 atom stereocenters. The van der Waals surface area contributed by atoms with E-state index in [4.69, 9.17) is 28.2 Å². The number of nitrogens with one attached hydrogen (secondary N) is 1. The summed E-state index contributed by atoms with van der Waals surface area (Å²) in [6.07, 6.45) is 21.2. The minimum atomic E-state index is -4.21. The van der Waals surface area contributed by atoms with Crippen LogP contribution in [0.25, 0.3) is 0 Å². The number of ether oxygens (including phenoxy) is 5. The number of halogens is 1. The van der Waals surface area contributed by atoms with Gasteiger partial charge in [0, 0.05) is 23.5 Å². The van der Waals surface area contributed by atoms with Crippen molar-refractivity contribution in [3.8, 4) is 0 Å². The quantitative estimate of drug-likeness (QED) is 0.0238. The van der Waals surface area contributed by atoms with Crippen LogP contribution < -0.4 is 15.9 Å². The minimum Gasteiger partial charge on any atom is -0.459 e. The number of esters is 2. The van der Waals surface area contributed by atoms with Gasteiger partial charge in [-0.05, 0) is 55.5 Å². The van der Waals surface area contributed by atoms with Gasteiger partial charge in [-0.1, -0.05) is 267 Å². The number of carbonyl (C=O) groups excluding carboxylic acids is 4. The monoisotopic (exact) mass is 1180 g/mol. The zero-order valence-corrected chi connectivity index (χ0v) is 51.8. The van der Waals surface area contributed by atoms with Crippen molar-refractivity contribution < 1.29 is 61.4 Å². The molecule has 1 fully saturated rings. The molecule has 3 aromatic rings. The second-order valence-electron chi connectivity index (χ2n) is 22.8. The highest BCUT2D eigenvalue weighted by molar-refractivity contribution is 7.74. The zero-order valence-electron chi connectivity index (χ0n) is 50.9. The molecule has 1 heterocycles. The number of carbonyl (C=O) groups is 4. The molecule has 0 aliphatic carbocycles. The van der Waals surface area contributed by atoms with Crippen LogP contribution in [0.1, 0.15) is 245 Å². The summed E-state index contributed by atoms with van der Waals surface area (Å²) < 4.78 is 68.9. The Balaban J connectivity index is 1.60. The number of hydrogen-bond donors (Lipinski definition) is 2. The molecule has 4 rings (SSSR count). The zero-order chi connectivity index (χ0) is 59.6. The van der Waals surface area contributed by atoms with Gasteiger partial charge in [0.15, 0.2) is 12.4 Å². The number of aliphatic hydroxyl groups is 1. The fourth-order valence-corrected chi connectivity index (χ4v) is 13.0. The Kier molecular flexibility index (Phi) is 37.5. The van der Waals surface area contributed by atoms with Crippen molar-refractivity contribution in [2.75, 3.05) is 6.61 Å². The molecule has 466 valence electrons. The lowest BCUT2D eigenvalue weighted by molar-refractivity contribution is -0.254. The van der Waals surface area contributed by atoms with E-state index in [1.807, 2.05) is 6.07 Å². The third-order valence-electron chi connectivity index (χ3n) is 15.7. The van der Waals surface area contributed by atoms with Crippen LogP contribution in [-0.4, -0.2) is 78.6 Å². The molecule has 13 nitrogen and oxygen atoms in total. The fraction of sp³-hybridized carbons (Fsp3) is 0.676. The number of unbranched alkanes of at least 4 members (excludes halogenated alkanes) is 28. The van der Waals surface area contributed by atoms with Gasteiger partial charge in [0.2, 0.25) is 6.17 Å². The molecule has 0 aromatic heterocycles. The molecule has 0 bridgehead atoms. The second kappa shape index (κ2) is 43.9. The maximum absolute atomic E-state index is 17.1. The molecule has 0 saturated carbocycles. The standard InChI is InChI=1S/C68H105FNO12P/c1-4-7-10-13-16-19-21-24-27-30-42-51-60(71)79-58(50-41-29-26-23-18-15-12-9-6-3)62(69)66(73)70-63-65(81-61(72)52-43-31-28-25-22-20-17-14-11-8-5-2)64(82-83(76,56-46-37-33-38-47-56)57-48-39-34-40-49-57)59(80-67(63)74)54-78-68(75)77-53-55-44-35-32-36-45-55/h32-40,44-49,58-59,62-65,67,74H,4-31,41-43,50-54H2,1-3H3,(H,70,73)/t58-,59+,62+,63+,64+,65+,67?/m0/s1. The van der Waals surface area contributed by atoms with Crippen LogP contribution in [-0.2, 0) is 53.8 Å². The summed E-state index contributed by atoms with van der Waals surface area (Å²) in [5, 5.41) is 15.1. The number of aliphatic hydroxyl groups excluding tert-OH is 1.